The lowest BCUT2D eigenvalue weighted by Gasteiger charge is -2.06. The summed E-state index contributed by atoms with van der Waals surface area (Å²) >= 11 is 11.8. The fourth-order valence-electron chi connectivity index (χ4n) is 1.95. The number of pyridine rings is 1. The lowest BCUT2D eigenvalue weighted by molar-refractivity contribution is 0.413. The van der Waals surface area contributed by atoms with E-state index in [4.69, 9.17) is 23.2 Å². The topological polar surface area (TPSA) is 73.1 Å². The number of rotatable bonds is 3. The zero-order valence-electron chi connectivity index (χ0n) is 10.5. The van der Waals surface area contributed by atoms with Gasteiger partial charge in [-0.3, -0.25) is 0 Å². The molecule has 0 N–H and O–H groups in total. The molecular formula is C13H8Cl2N2O3S. The van der Waals surface area contributed by atoms with Crippen molar-refractivity contribution in [2.75, 3.05) is 0 Å². The maximum absolute atomic E-state index is 12.3. The van der Waals surface area contributed by atoms with Crippen molar-refractivity contribution in [2.24, 2.45) is 0 Å². The van der Waals surface area contributed by atoms with Crippen LogP contribution in [-0.2, 0) is 15.6 Å². The van der Waals surface area contributed by atoms with Gasteiger partial charge < -0.3 is 4.52 Å². The van der Waals surface area contributed by atoms with E-state index in [2.05, 4.69) is 14.7 Å². The molecule has 0 saturated heterocycles. The molecule has 0 bridgehead atoms. The Bertz CT molecular complexity index is 909. The van der Waals surface area contributed by atoms with Crippen molar-refractivity contribution in [3.05, 3.63) is 52.6 Å². The van der Waals surface area contributed by atoms with Gasteiger partial charge in [0.15, 0.2) is 9.84 Å². The van der Waals surface area contributed by atoms with E-state index in [0.29, 0.717) is 16.5 Å². The second-order valence-electron chi connectivity index (χ2n) is 4.37. The smallest absolute Gasteiger partial charge is 0.184 e. The highest BCUT2D eigenvalue weighted by atomic mass is 35.5. The Kier molecular flexibility index (Phi) is 3.61. The Hall–Kier alpha value is -1.63. The van der Waals surface area contributed by atoms with Crippen molar-refractivity contribution in [3.63, 3.8) is 0 Å². The predicted octanol–water partition coefficient (Wildman–Crippen LogP) is 3.50. The Labute approximate surface area is 130 Å². The van der Waals surface area contributed by atoms with Gasteiger partial charge in [0.25, 0.3) is 0 Å². The highest BCUT2D eigenvalue weighted by Crippen LogP contribution is 2.28. The molecule has 0 aliphatic heterocycles. The van der Waals surface area contributed by atoms with Gasteiger partial charge in [0, 0.05) is 11.5 Å². The number of sulfone groups is 1. The van der Waals surface area contributed by atoms with Crippen LogP contribution in [0.2, 0.25) is 10.3 Å². The van der Waals surface area contributed by atoms with E-state index in [1.807, 2.05) is 0 Å². The molecule has 3 rings (SSSR count). The first kappa shape index (κ1) is 14.3. The van der Waals surface area contributed by atoms with Crippen LogP contribution in [0.25, 0.3) is 10.8 Å². The van der Waals surface area contributed by atoms with Crippen molar-refractivity contribution in [2.45, 2.75) is 10.6 Å². The van der Waals surface area contributed by atoms with Crippen molar-refractivity contribution in [1.82, 2.24) is 10.1 Å². The number of aromatic nitrogens is 2. The molecule has 0 aliphatic carbocycles. The maximum atomic E-state index is 12.3. The van der Waals surface area contributed by atoms with Crippen molar-refractivity contribution in [3.8, 4) is 0 Å². The number of hydrogen-bond donors (Lipinski definition) is 0. The van der Waals surface area contributed by atoms with E-state index in [9.17, 15) is 8.42 Å². The summed E-state index contributed by atoms with van der Waals surface area (Å²) in [5, 5.41) is 5.30. The van der Waals surface area contributed by atoms with Gasteiger partial charge in [-0.05, 0) is 29.7 Å². The third-order valence-electron chi connectivity index (χ3n) is 2.91. The summed E-state index contributed by atoms with van der Waals surface area (Å²) in [6, 6.07) is 7.69. The molecule has 8 heteroatoms. The first-order valence-corrected chi connectivity index (χ1v) is 8.24. The van der Waals surface area contributed by atoms with Gasteiger partial charge in [-0.15, -0.1) is 0 Å². The SMILES string of the molecule is O=S(=O)(Cc1ccon1)c1ccc2c(Cl)nc(Cl)cc2c1. The van der Waals surface area contributed by atoms with Gasteiger partial charge in [0.1, 0.15) is 22.3 Å². The molecule has 0 atom stereocenters. The summed E-state index contributed by atoms with van der Waals surface area (Å²) < 4.78 is 29.3. The number of halogens is 2. The summed E-state index contributed by atoms with van der Waals surface area (Å²) in [5.74, 6) is -0.235. The Morgan fingerprint density at radius 2 is 1.95 bits per heavy atom. The van der Waals surface area contributed by atoms with Crippen LogP contribution >= 0.6 is 23.2 Å². The van der Waals surface area contributed by atoms with Gasteiger partial charge in [-0.2, -0.15) is 0 Å². The molecule has 21 heavy (non-hydrogen) atoms. The fourth-order valence-corrected chi connectivity index (χ4v) is 3.74. The summed E-state index contributed by atoms with van der Waals surface area (Å²) in [7, 11) is -3.53. The number of hydrogen-bond acceptors (Lipinski definition) is 5. The molecule has 0 unspecified atom stereocenters. The molecule has 0 amide bonds. The fraction of sp³-hybridized carbons (Fsp3) is 0.0769. The van der Waals surface area contributed by atoms with Crippen molar-refractivity contribution >= 4 is 43.8 Å². The highest BCUT2D eigenvalue weighted by molar-refractivity contribution is 7.90. The van der Waals surface area contributed by atoms with Crippen LogP contribution in [0.5, 0.6) is 0 Å². The molecule has 3 aromatic rings. The zero-order valence-corrected chi connectivity index (χ0v) is 12.8. The minimum absolute atomic E-state index is 0.163. The van der Waals surface area contributed by atoms with Gasteiger partial charge in [-0.1, -0.05) is 28.4 Å². The molecule has 0 spiro atoms. The summed E-state index contributed by atoms with van der Waals surface area (Å²) in [5.41, 5.74) is 0.348. The summed E-state index contributed by atoms with van der Waals surface area (Å²) in [4.78, 5) is 4.08. The molecule has 5 nitrogen and oxygen atoms in total. The average Bonchev–Trinajstić information content (AvgIpc) is 2.90. The number of benzene rings is 1. The minimum atomic E-state index is -3.53. The molecule has 0 fully saturated rings. The maximum Gasteiger partial charge on any atom is 0.184 e. The summed E-state index contributed by atoms with van der Waals surface area (Å²) in [6.45, 7) is 0. The van der Waals surface area contributed by atoms with Crippen molar-refractivity contribution < 1.29 is 12.9 Å². The van der Waals surface area contributed by atoms with Crippen LogP contribution in [-0.4, -0.2) is 18.6 Å². The highest BCUT2D eigenvalue weighted by Gasteiger charge is 2.18. The van der Waals surface area contributed by atoms with E-state index >= 15 is 0 Å². The average molecular weight is 343 g/mol. The van der Waals surface area contributed by atoms with Crippen LogP contribution in [0.1, 0.15) is 5.69 Å². The standard InChI is InChI=1S/C13H8Cl2N2O3S/c14-12-6-8-5-10(1-2-11(8)13(15)16-12)21(18,19)7-9-3-4-20-17-9/h1-6H,7H2. The predicted molar refractivity (Wildman–Crippen MR) is 79.2 cm³/mol. The molecule has 0 radical (unpaired) electrons. The number of nitrogens with zero attached hydrogens (tertiary/aromatic N) is 2. The van der Waals surface area contributed by atoms with E-state index in [0.717, 1.165) is 0 Å². The van der Waals surface area contributed by atoms with Crippen LogP contribution < -0.4 is 0 Å². The quantitative estimate of drug-likeness (QED) is 0.681. The first-order chi connectivity index (χ1) is 9.95. The Morgan fingerprint density at radius 1 is 1.14 bits per heavy atom. The second-order valence-corrected chi connectivity index (χ2v) is 7.10. The lowest BCUT2D eigenvalue weighted by atomic mass is 10.2. The molecule has 2 aromatic heterocycles. The summed E-state index contributed by atoms with van der Waals surface area (Å²) in [6.07, 6.45) is 1.33. The molecule has 0 saturated carbocycles. The third-order valence-corrected chi connectivity index (χ3v) is 5.04. The van der Waals surface area contributed by atoms with Gasteiger partial charge >= 0.3 is 0 Å². The van der Waals surface area contributed by atoms with Crippen LogP contribution in [0.4, 0.5) is 0 Å². The van der Waals surface area contributed by atoms with E-state index in [-0.39, 0.29) is 21.0 Å². The minimum Gasteiger partial charge on any atom is -0.364 e. The second kappa shape index (κ2) is 5.29. The Balaban J connectivity index is 2.08. The first-order valence-electron chi connectivity index (χ1n) is 5.83. The number of fused-ring (bicyclic) bond motifs is 1. The van der Waals surface area contributed by atoms with Crippen molar-refractivity contribution in [1.29, 1.82) is 0 Å². The van der Waals surface area contributed by atoms with E-state index < -0.39 is 9.84 Å². The van der Waals surface area contributed by atoms with Gasteiger partial charge in [0.05, 0.1) is 10.6 Å². The van der Waals surface area contributed by atoms with Gasteiger partial charge in [0.2, 0.25) is 0 Å². The largest absolute Gasteiger partial charge is 0.364 e. The molecule has 2 heterocycles. The van der Waals surface area contributed by atoms with Crippen LogP contribution in [0, 0.1) is 0 Å². The Morgan fingerprint density at radius 3 is 2.67 bits per heavy atom. The molecule has 1 aromatic carbocycles. The normalized spacial score (nSPS) is 11.9. The van der Waals surface area contributed by atoms with Crippen LogP contribution in [0.3, 0.4) is 0 Å². The lowest BCUT2D eigenvalue weighted by Crippen LogP contribution is -2.05. The zero-order chi connectivity index (χ0) is 15.0. The van der Waals surface area contributed by atoms with E-state index in [1.165, 1.54) is 24.5 Å². The molecule has 0 aliphatic rings. The molecular weight excluding hydrogens is 335 g/mol. The van der Waals surface area contributed by atoms with E-state index in [1.54, 1.807) is 12.1 Å². The third kappa shape index (κ3) is 2.88. The molecule has 108 valence electrons. The van der Waals surface area contributed by atoms with Crippen LogP contribution in [0.15, 0.2) is 46.0 Å². The monoisotopic (exact) mass is 342 g/mol. The van der Waals surface area contributed by atoms with Gasteiger partial charge in [-0.25, -0.2) is 13.4 Å².